The zero-order valence-electron chi connectivity index (χ0n) is 8.57. The molecule has 0 saturated heterocycles. The van der Waals surface area contributed by atoms with Crippen molar-refractivity contribution in [1.29, 1.82) is 0 Å². The van der Waals surface area contributed by atoms with E-state index < -0.39 is 0 Å². The molecular formula is C13H14O2. The summed E-state index contributed by atoms with van der Waals surface area (Å²) >= 11 is 0. The van der Waals surface area contributed by atoms with Crippen LogP contribution in [0, 0.1) is 0 Å². The van der Waals surface area contributed by atoms with Crippen LogP contribution in [-0.2, 0) is 12.8 Å². The van der Waals surface area contributed by atoms with Gasteiger partial charge in [-0.3, -0.25) is 4.79 Å². The number of carbonyl (C=O) groups is 1. The van der Waals surface area contributed by atoms with Crippen molar-refractivity contribution in [3.05, 3.63) is 54.1 Å². The lowest BCUT2D eigenvalue weighted by Crippen LogP contribution is -1.98. The molecule has 0 amide bonds. The van der Waals surface area contributed by atoms with Gasteiger partial charge in [0.1, 0.15) is 12.0 Å². The third-order valence-electron chi connectivity index (χ3n) is 2.27. The van der Waals surface area contributed by atoms with Crippen molar-refractivity contribution < 1.29 is 9.90 Å². The van der Waals surface area contributed by atoms with E-state index in [2.05, 4.69) is 13.2 Å². The number of benzene rings is 1. The fourth-order valence-corrected chi connectivity index (χ4v) is 1.57. The molecule has 1 aromatic carbocycles. The molecule has 0 aromatic heterocycles. The van der Waals surface area contributed by atoms with Gasteiger partial charge in [-0.25, -0.2) is 0 Å². The molecule has 0 aliphatic carbocycles. The Balaban J connectivity index is 3.34. The van der Waals surface area contributed by atoms with Gasteiger partial charge in [-0.15, -0.1) is 13.2 Å². The second kappa shape index (κ2) is 5.15. The molecule has 0 saturated carbocycles. The first-order valence-corrected chi connectivity index (χ1v) is 4.75. The third kappa shape index (κ3) is 2.34. The fraction of sp³-hybridized carbons (Fsp3) is 0.154. The minimum Gasteiger partial charge on any atom is -0.508 e. The van der Waals surface area contributed by atoms with Crippen molar-refractivity contribution in [2.24, 2.45) is 0 Å². The van der Waals surface area contributed by atoms with Crippen LogP contribution in [0.25, 0.3) is 0 Å². The van der Waals surface area contributed by atoms with Crippen molar-refractivity contribution >= 4 is 6.29 Å². The van der Waals surface area contributed by atoms with Crippen LogP contribution in [0.2, 0.25) is 0 Å². The molecule has 0 unspecified atom stereocenters. The van der Waals surface area contributed by atoms with Crippen molar-refractivity contribution in [2.75, 3.05) is 0 Å². The molecule has 2 heteroatoms. The molecule has 0 atom stereocenters. The number of allylic oxidation sites excluding steroid dienone is 2. The second-order valence-corrected chi connectivity index (χ2v) is 3.23. The number of rotatable bonds is 5. The van der Waals surface area contributed by atoms with Crippen LogP contribution in [0.3, 0.4) is 0 Å². The average Bonchev–Trinajstić information content (AvgIpc) is 2.24. The first kappa shape index (κ1) is 11.2. The Morgan fingerprint density at radius 2 is 1.73 bits per heavy atom. The van der Waals surface area contributed by atoms with Gasteiger partial charge in [-0.05, 0) is 30.5 Å². The molecule has 15 heavy (non-hydrogen) atoms. The summed E-state index contributed by atoms with van der Waals surface area (Å²) in [5, 5.41) is 9.67. The molecular weight excluding hydrogens is 188 g/mol. The van der Waals surface area contributed by atoms with Crippen LogP contribution in [0.15, 0.2) is 37.4 Å². The topological polar surface area (TPSA) is 37.3 Å². The van der Waals surface area contributed by atoms with Gasteiger partial charge in [-0.2, -0.15) is 0 Å². The summed E-state index contributed by atoms with van der Waals surface area (Å²) in [6.45, 7) is 7.27. The fourth-order valence-electron chi connectivity index (χ4n) is 1.57. The maximum Gasteiger partial charge on any atom is 0.150 e. The Bertz CT molecular complexity index is 392. The van der Waals surface area contributed by atoms with Gasteiger partial charge in [-0.1, -0.05) is 12.2 Å². The molecule has 0 radical (unpaired) electrons. The predicted octanol–water partition coefficient (Wildman–Crippen LogP) is 2.66. The van der Waals surface area contributed by atoms with E-state index in [1.807, 2.05) is 0 Å². The van der Waals surface area contributed by atoms with E-state index in [0.29, 0.717) is 18.4 Å². The Morgan fingerprint density at radius 1 is 1.13 bits per heavy atom. The Morgan fingerprint density at radius 3 is 2.27 bits per heavy atom. The summed E-state index contributed by atoms with van der Waals surface area (Å²) < 4.78 is 0. The SMILES string of the molecule is C=CCc1c(O)ccc(C=O)c1CC=C. The molecule has 0 aliphatic rings. The van der Waals surface area contributed by atoms with Gasteiger partial charge in [0.05, 0.1) is 0 Å². The molecule has 2 nitrogen and oxygen atoms in total. The first-order valence-electron chi connectivity index (χ1n) is 4.75. The monoisotopic (exact) mass is 202 g/mol. The van der Waals surface area contributed by atoms with E-state index in [1.54, 1.807) is 18.2 Å². The average molecular weight is 202 g/mol. The summed E-state index contributed by atoms with van der Waals surface area (Å²) in [5.74, 6) is 0.206. The van der Waals surface area contributed by atoms with E-state index in [4.69, 9.17) is 0 Å². The Hall–Kier alpha value is -1.83. The van der Waals surface area contributed by atoms with Gasteiger partial charge in [0.15, 0.2) is 0 Å². The minimum absolute atomic E-state index is 0.206. The van der Waals surface area contributed by atoms with E-state index in [9.17, 15) is 9.90 Å². The zero-order valence-corrected chi connectivity index (χ0v) is 8.57. The van der Waals surface area contributed by atoms with Crippen LogP contribution >= 0.6 is 0 Å². The minimum atomic E-state index is 0.206. The van der Waals surface area contributed by atoms with Gasteiger partial charge in [0.2, 0.25) is 0 Å². The summed E-state index contributed by atoms with van der Waals surface area (Å²) in [4.78, 5) is 10.8. The summed E-state index contributed by atoms with van der Waals surface area (Å²) in [7, 11) is 0. The lowest BCUT2D eigenvalue weighted by molar-refractivity contribution is 0.112. The molecule has 1 N–H and O–H groups in total. The quantitative estimate of drug-likeness (QED) is 0.588. The highest BCUT2D eigenvalue weighted by atomic mass is 16.3. The Kier molecular flexibility index (Phi) is 3.86. The number of carbonyl (C=O) groups excluding carboxylic acids is 1. The third-order valence-corrected chi connectivity index (χ3v) is 2.27. The van der Waals surface area contributed by atoms with Crippen LogP contribution in [0.4, 0.5) is 0 Å². The van der Waals surface area contributed by atoms with E-state index >= 15 is 0 Å². The van der Waals surface area contributed by atoms with Gasteiger partial charge in [0.25, 0.3) is 0 Å². The smallest absolute Gasteiger partial charge is 0.150 e. The van der Waals surface area contributed by atoms with Crippen LogP contribution in [0.1, 0.15) is 21.5 Å². The molecule has 1 rings (SSSR count). The van der Waals surface area contributed by atoms with Gasteiger partial charge >= 0.3 is 0 Å². The zero-order chi connectivity index (χ0) is 11.3. The van der Waals surface area contributed by atoms with Crippen LogP contribution < -0.4 is 0 Å². The van der Waals surface area contributed by atoms with Crippen molar-refractivity contribution in [2.45, 2.75) is 12.8 Å². The number of aldehydes is 1. The predicted molar refractivity (Wildman–Crippen MR) is 61.3 cm³/mol. The number of hydrogen-bond donors (Lipinski definition) is 1. The number of phenolic OH excluding ortho intramolecular Hbond substituents is 1. The Labute approximate surface area is 89.6 Å². The highest BCUT2D eigenvalue weighted by Crippen LogP contribution is 2.25. The summed E-state index contributed by atoms with van der Waals surface area (Å²) in [5.41, 5.74) is 2.19. The standard InChI is InChI=1S/C13H14O2/c1-3-5-11-10(9-14)7-8-13(15)12(11)6-4-2/h3-4,7-9,15H,1-2,5-6H2. The van der Waals surface area contributed by atoms with Gasteiger partial charge in [0, 0.05) is 11.1 Å². The van der Waals surface area contributed by atoms with Crippen molar-refractivity contribution in [1.82, 2.24) is 0 Å². The summed E-state index contributed by atoms with van der Waals surface area (Å²) in [6, 6.07) is 3.16. The lowest BCUT2D eigenvalue weighted by Gasteiger charge is -2.10. The normalized spacial score (nSPS) is 9.60. The number of aromatic hydroxyl groups is 1. The van der Waals surface area contributed by atoms with Crippen molar-refractivity contribution in [3.8, 4) is 5.75 Å². The molecule has 0 bridgehead atoms. The first-order chi connectivity index (χ1) is 7.24. The van der Waals surface area contributed by atoms with E-state index in [0.717, 1.165) is 17.4 Å². The highest BCUT2D eigenvalue weighted by molar-refractivity contribution is 5.79. The summed E-state index contributed by atoms with van der Waals surface area (Å²) in [6.07, 6.45) is 5.35. The maximum absolute atomic E-state index is 10.8. The van der Waals surface area contributed by atoms with Gasteiger partial charge < -0.3 is 5.11 Å². The largest absolute Gasteiger partial charge is 0.508 e. The molecule has 0 fully saturated rings. The maximum atomic E-state index is 10.8. The van der Waals surface area contributed by atoms with E-state index in [-0.39, 0.29) is 5.75 Å². The molecule has 78 valence electrons. The molecule has 0 heterocycles. The van der Waals surface area contributed by atoms with Crippen molar-refractivity contribution in [3.63, 3.8) is 0 Å². The molecule has 0 aliphatic heterocycles. The van der Waals surface area contributed by atoms with Crippen LogP contribution in [-0.4, -0.2) is 11.4 Å². The van der Waals surface area contributed by atoms with E-state index in [1.165, 1.54) is 6.07 Å². The lowest BCUT2D eigenvalue weighted by atomic mass is 9.96. The highest BCUT2D eigenvalue weighted by Gasteiger charge is 2.10. The second-order valence-electron chi connectivity index (χ2n) is 3.23. The number of phenols is 1. The molecule has 0 spiro atoms. The number of hydrogen-bond acceptors (Lipinski definition) is 2. The molecule has 1 aromatic rings. The van der Waals surface area contributed by atoms with Crippen LogP contribution in [0.5, 0.6) is 5.75 Å².